The molecule has 1 aliphatic rings. The summed E-state index contributed by atoms with van der Waals surface area (Å²) in [6.45, 7) is 1.92. The number of ether oxygens (including phenoxy) is 1. The Bertz CT molecular complexity index is 901. The van der Waals surface area contributed by atoms with E-state index in [-0.39, 0.29) is 5.91 Å². The third-order valence-electron chi connectivity index (χ3n) is 4.04. The molecule has 6 heteroatoms. The number of benzene rings is 1. The quantitative estimate of drug-likeness (QED) is 0.752. The molecule has 0 bridgehead atoms. The van der Waals surface area contributed by atoms with Crippen LogP contribution in [0.1, 0.15) is 40.6 Å². The van der Waals surface area contributed by atoms with E-state index in [4.69, 9.17) is 9.26 Å². The largest absolute Gasteiger partial charge is 0.455 e. The fraction of sp³-hybridized carbons (Fsp3) is 0.211. The fourth-order valence-electron chi connectivity index (χ4n) is 2.53. The zero-order valence-electron chi connectivity index (χ0n) is 13.7. The Hall–Kier alpha value is -3.15. The predicted octanol–water partition coefficient (Wildman–Crippen LogP) is 4.30. The molecule has 0 radical (unpaired) electrons. The van der Waals surface area contributed by atoms with E-state index < -0.39 is 0 Å². The highest BCUT2D eigenvalue weighted by Gasteiger charge is 2.28. The van der Waals surface area contributed by atoms with E-state index >= 15 is 0 Å². The van der Waals surface area contributed by atoms with Gasteiger partial charge in [0.25, 0.3) is 5.91 Å². The highest BCUT2D eigenvalue weighted by molar-refractivity contribution is 6.02. The lowest BCUT2D eigenvalue weighted by Crippen LogP contribution is -2.12. The highest BCUT2D eigenvalue weighted by Crippen LogP contribution is 2.40. The summed E-state index contributed by atoms with van der Waals surface area (Å²) >= 11 is 0. The van der Waals surface area contributed by atoms with Crippen molar-refractivity contribution in [2.45, 2.75) is 25.7 Å². The number of aryl methyl sites for hydroxylation is 1. The summed E-state index contributed by atoms with van der Waals surface area (Å²) in [6.07, 6.45) is 5.55. The summed E-state index contributed by atoms with van der Waals surface area (Å²) in [6, 6.07) is 10.8. The van der Waals surface area contributed by atoms with E-state index in [0.717, 1.165) is 24.2 Å². The molecule has 25 heavy (non-hydrogen) atoms. The van der Waals surface area contributed by atoms with Gasteiger partial charge in [-0.25, -0.2) is 0 Å². The lowest BCUT2D eigenvalue weighted by atomic mass is 10.2. The Morgan fingerprint density at radius 1 is 1.28 bits per heavy atom. The second-order valence-corrected chi connectivity index (χ2v) is 6.11. The van der Waals surface area contributed by atoms with E-state index in [1.807, 2.05) is 31.2 Å². The molecule has 6 nitrogen and oxygen atoms in total. The molecule has 4 rings (SSSR count). The third kappa shape index (κ3) is 3.52. The van der Waals surface area contributed by atoms with Crippen molar-refractivity contribution >= 4 is 11.6 Å². The number of anilines is 1. The lowest BCUT2D eigenvalue weighted by molar-refractivity contribution is 0.101. The Kier molecular flexibility index (Phi) is 3.93. The smallest absolute Gasteiger partial charge is 0.277 e. The molecular weight excluding hydrogens is 318 g/mol. The van der Waals surface area contributed by atoms with Gasteiger partial charge in [-0.15, -0.1) is 0 Å². The number of nitrogens with zero attached hydrogens (tertiary/aromatic N) is 2. The van der Waals surface area contributed by atoms with Gasteiger partial charge in [0.2, 0.25) is 0 Å². The molecule has 3 aromatic rings. The number of hydrogen-bond acceptors (Lipinski definition) is 5. The molecule has 0 unspecified atom stereocenters. The number of amides is 1. The lowest BCUT2D eigenvalue weighted by Gasteiger charge is -2.10. The van der Waals surface area contributed by atoms with Crippen molar-refractivity contribution in [1.82, 2.24) is 10.1 Å². The third-order valence-corrected chi connectivity index (χ3v) is 4.04. The number of carbonyl (C=O) groups is 1. The molecule has 1 amide bonds. The first kappa shape index (κ1) is 15.4. The first-order valence-corrected chi connectivity index (χ1v) is 8.15. The first-order valence-electron chi connectivity index (χ1n) is 8.15. The van der Waals surface area contributed by atoms with Gasteiger partial charge >= 0.3 is 0 Å². The van der Waals surface area contributed by atoms with Gasteiger partial charge in [-0.05, 0) is 55.7 Å². The number of carbonyl (C=O) groups excluding carboxylic acids is 1. The van der Waals surface area contributed by atoms with Crippen molar-refractivity contribution in [2.24, 2.45) is 0 Å². The minimum absolute atomic E-state index is 0.282. The summed E-state index contributed by atoms with van der Waals surface area (Å²) in [7, 11) is 0. The summed E-state index contributed by atoms with van der Waals surface area (Å²) in [5.74, 6) is 2.32. The second-order valence-electron chi connectivity index (χ2n) is 6.11. The van der Waals surface area contributed by atoms with Crippen molar-refractivity contribution in [3.8, 4) is 11.5 Å². The van der Waals surface area contributed by atoms with Gasteiger partial charge in [-0.2, -0.15) is 0 Å². The minimum Gasteiger partial charge on any atom is -0.455 e. The topological polar surface area (TPSA) is 77.2 Å². The Morgan fingerprint density at radius 2 is 2.16 bits per heavy atom. The molecular formula is C19H17N3O3. The van der Waals surface area contributed by atoms with Crippen LogP contribution in [0, 0.1) is 6.92 Å². The Labute approximate surface area is 144 Å². The average Bonchev–Trinajstić information content (AvgIpc) is 3.35. The molecule has 126 valence electrons. The first-order chi connectivity index (χ1) is 12.2. The van der Waals surface area contributed by atoms with Crippen molar-refractivity contribution in [2.75, 3.05) is 5.32 Å². The van der Waals surface area contributed by atoms with Crippen molar-refractivity contribution in [1.29, 1.82) is 0 Å². The molecule has 1 fully saturated rings. The maximum Gasteiger partial charge on any atom is 0.277 e. The molecule has 2 heterocycles. The van der Waals surface area contributed by atoms with Gasteiger partial charge in [0.05, 0.1) is 6.20 Å². The van der Waals surface area contributed by atoms with Crippen LogP contribution in [-0.4, -0.2) is 16.0 Å². The standard InChI is InChI=1S/C19H17N3O3/c1-12-9-14(6-7-17(12)24-15-3-2-8-20-11-15)21-19(23)16-10-18(25-22-16)13-4-5-13/h2-3,6-11,13H,4-5H2,1H3,(H,21,23). The minimum atomic E-state index is -0.282. The molecule has 0 atom stereocenters. The van der Waals surface area contributed by atoms with E-state index in [0.29, 0.717) is 28.8 Å². The van der Waals surface area contributed by atoms with E-state index in [2.05, 4.69) is 15.5 Å². The van der Waals surface area contributed by atoms with Crippen LogP contribution in [-0.2, 0) is 0 Å². The Morgan fingerprint density at radius 3 is 2.88 bits per heavy atom. The molecule has 1 N–H and O–H groups in total. The number of rotatable bonds is 5. The van der Waals surface area contributed by atoms with Gasteiger partial charge in [-0.1, -0.05) is 5.16 Å². The van der Waals surface area contributed by atoms with Gasteiger partial charge in [0.1, 0.15) is 17.3 Å². The van der Waals surface area contributed by atoms with E-state index in [9.17, 15) is 4.79 Å². The van der Waals surface area contributed by atoms with Gasteiger partial charge in [0, 0.05) is 23.9 Å². The van der Waals surface area contributed by atoms with Crippen LogP contribution in [0.3, 0.4) is 0 Å². The maximum atomic E-state index is 12.3. The van der Waals surface area contributed by atoms with Crippen LogP contribution >= 0.6 is 0 Å². The van der Waals surface area contributed by atoms with Crippen LogP contribution in [0.5, 0.6) is 11.5 Å². The molecule has 0 aliphatic heterocycles. The van der Waals surface area contributed by atoms with Crippen molar-refractivity contribution < 1.29 is 14.1 Å². The molecule has 2 aromatic heterocycles. The zero-order chi connectivity index (χ0) is 17.2. The van der Waals surface area contributed by atoms with Crippen molar-refractivity contribution in [3.63, 3.8) is 0 Å². The number of nitrogens with one attached hydrogen (secondary N) is 1. The fourth-order valence-corrected chi connectivity index (χ4v) is 2.53. The molecule has 1 aliphatic carbocycles. The van der Waals surface area contributed by atoms with Gasteiger partial charge < -0.3 is 14.6 Å². The molecule has 0 saturated heterocycles. The second kappa shape index (κ2) is 6.39. The summed E-state index contributed by atoms with van der Waals surface area (Å²) in [5.41, 5.74) is 1.88. The maximum absolute atomic E-state index is 12.3. The SMILES string of the molecule is Cc1cc(NC(=O)c2cc(C3CC3)on2)ccc1Oc1cccnc1. The van der Waals surface area contributed by atoms with Crippen LogP contribution in [0.25, 0.3) is 0 Å². The summed E-state index contributed by atoms with van der Waals surface area (Å²) in [4.78, 5) is 16.3. The molecule has 0 spiro atoms. The summed E-state index contributed by atoms with van der Waals surface area (Å²) in [5, 5.41) is 6.68. The van der Waals surface area contributed by atoms with Gasteiger partial charge in [0.15, 0.2) is 5.69 Å². The highest BCUT2D eigenvalue weighted by atomic mass is 16.5. The number of hydrogen-bond donors (Lipinski definition) is 1. The van der Waals surface area contributed by atoms with Crippen LogP contribution in [0.4, 0.5) is 5.69 Å². The number of pyridine rings is 1. The number of aromatic nitrogens is 2. The molecule has 1 aromatic carbocycles. The van der Waals surface area contributed by atoms with Crippen LogP contribution in [0.15, 0.2) is 53.3 Å². The predicted molar refractivity (Wildman–Crippen MR) is 91.9 cm³/mol. The van der Waals surface area contributed by atoms with Crippen LogP contribution < -0.4 is 10.1 Å². The van der Waals surface area contributed by atoms with Crippen molar-refractivity contribution in [3.05, 3.63) is 65.8 Å². The Balaban J connectivity index is 1.45. The monoisotopic (exact) mass is 335 g/mol. The normalized spacial score (nSPS) is 13.5. The van der Waals surface area contributed by atoms with Crippen LogP contribution in [0.2, 0.25) is 0 Å². The van der Waals surface area contributed by atoms with E-state index in [1.54, 1.807) is 24.5 Å². The van der Waals surface area contributed by atoms with Gasteiger partial charge in [-0.3, -0.25) is 9.78 Å². The van der Waals surface area contributed by atoms with E-state index in [1.165, 1.54) is 0 Å². The zero-order valence-corrected chi connectivity index (χ0v) is 13.7. The average molecular weight is 335 g/mol. The summed E-state index contributed by atoms with van der Waals surface area (Å²) < 4.78 is 11.0. The molecule has 1 saturated carbocycles.